The summed E-state index contributed by atoms with van der Waals surface area (Å²) in [5, 5.41) is 0. The molecule has 1 rings (SSSR count). The first kappa shape index (κ1) is 15.3. The largest absolute Gasteiger partial charge is 0.462 e. The van der Waals surface area contributed by atoms with Gasteiger partial charge in [0.1, 0.15) is 11.4 Å². The highest BCUT2D eigenvalue weighted by molar-refractivity contribution is 5.91. The quantitative estimate of drug-likeness (QED) is 0.632. The van der Waals surface area contributed by atoms with Crippen molar-refractivity contribution in [3.05, 3.63) is 28.8 Å². The smallest absolute Gasteiger partial charge is 0.434 e. The van der Waals surface area contributed by atoms with Crippen LogP contribution in [0.1, 0.15) is 35.0 Å². The predicted molar refractivity (Wildman–Crippen MR) is 50.1 cm³/mol. The molecule has 0 amide bonds. The monoisotopic (exact) mass is 287 g/mol. The van der Waals surface area contributed by atoms with Gasteiger partial charge in [-0.2, -0.15) is 13.2 Å². The Kier molecular flexibility index (Phi) is 4.38. The van der Waals surface area contributed by atoms with E-state index in [0.717, 1.165) is 0 Å². The van der Waals surface area contributed by atoms with Gasteiger partial charge in [0.25, 0.3) is 6.43 Å². The highest BCUT2D eigenvalue weighted by Crippen LogP contribution is 2.34. The van der Waals surface area contributed by atoms with Crippen LogP contribution < -0.4 is 0 Å². The van der Waals surface area contributed by atoms with Crippen LogP contribution in [-0.2, 0) is 10.9 Å². The maximum Gasteiger partial charge on any atom is 0.434 e. The van der Waals surface area contributed by atoms with Gasteiger partial charge in [-0.3, -0.25) is 4.98 Å². The number of aromatic nitrogens is 1. The van der Waals surface area contributed by atoms with Crippen molar-refractivity contribution < 1.29 is 35.9 Å². The summed E-state index contributed by atoms with van der Waals surface area (Å²) in [5.74, 6) is -3.67. The van der Waals surface area contributed by atoms with Crippen LogP contribution in [0.5, 0.6) is 0 Å². The number of carbonyl (C=O) groups is 1. The van der Waals surface area contributed by atoms with E-state index in [1.54, 1.807) is 0 Å². The molecule has 0 N–H and O–H groups in total. The summed E-state index contributed by atoms with van der Waals surface area (Å²) in [6.45, 7) is 0.932. The van der Waals surface area contributed by atoms with Crippen LogP contribution >= 0.6 is 0 Å². The molecule has 0 aliphatic rings. The first-order chi connectivity index (χ1) is 8.70. The van der Waals surface area contributed by atoms with Gasteiger partial charge in [0.2, 0.25) is 0 Å². The van der Waals surface area contributed by atoms with Crippen molar-refractivity contribution >= 4 is 5.97 Å². The number of ether oxygens (including phenoxy) is 1. The molecule has 19 heavy (non-hydrogen) atoms. The highest BCUT2D eigenvalue weighted by Gasteiger charge is 2.41. The number of pyridine rings is 1. The van der Waals surface area contributed by atoms with E-state index in [1.165, 1.54) is 6.92 Å². The van der Waals surface area contributed by atoms with Crippen molar-refractivity contribution in [3.63, 3.8) is 0 Å². The zero-order valence-corrected chi connectivity index (χ0v) is 9.39. The highest BCUT2D eigenvalue weighted by atomic mass is 19.4. The predicted octanol–water partition coefficient (Wildman–Crippen LogP) is 3.35. The molecular formula is C10H7F6NO2. The molecule has 0 radical (unpaired) electrons. The third-order valence-electron chi connectivity index (χ3n) is 2.03. The number of hydrogen-bond acceptors (Lipinski definition) is 3. The fourth-order valence-corrected chi connectivity index (χ4v) is 1.26. The summed E-state index contributed by atoms with van der Waals surface area (Å²) in [4.78, 5) is 14.0. The molecule has 0 saturated carbocycles. The van der Waals surface area contributed by atoms with Gasteiger partial charge in [-0.25, -0.2) is 18.0 Å². The minimum absolute atomic E-state index is 0.0472. The minimum Gasteiger partial charge on any atom is -0.462 e. The van der Waals surface area contributed by atoms with Gasteiger partial charge in [0.05, 0.1) is 12.2 Å². The molecule has 0 saturated heterocycles. The first-order valence-electron chi connectivity index (χ1n) is 4.91. The van der Waals surface area contributed by atoms with E-state index >= 15 is 0 Å². The molecule has 9 heteroatoms. The van der Waals surface area contributed by atoms with Crippen molar-refractivity contribution in [1.82, 2.24) is 4.98 Å². The second-order valence-corrected chi connectivity index (χ2v) is 3.27. The molecule has 1 aromatic rings. The van der Waals surface area contributed by atoms with E-state index < -0.39 is 41.2 Å². The average Bonchev–Trinajstić information content (AvgIpc) is 2.26. The van der Waals surface area contributed by atoms with E-state index in [-0.39, 0.29) is 12.8 Å². The second-order valence-electron chi connectivity index (χ2n) is 3.27. The van der Waals surface area contributed by atoms with Crippen LogP contribution in [0, 0.1) is 5.82 Å². The summed E-state index contributed by atoms with van der Waals surface area (Å²) in [6, 6.07) is 0. The number of halogens is 6. The lowest BCUT2D eigenvalue weighted by Crippen LogP contribution is -2.20. The molecule has 0 unspecified atom stereocenters. The van der Waals surface area contributed by atoms with Crippen molar-refractivity contribution in [2.24, 2.45) is 0 Å². The van der Waals surface area contributed by atoms with Gasteiger partial charge in [-0.1, -0.05) is 0 Å². The van der Waals surface area contributed by atoms with Crippen molar-refractivity contribution in [2.75, 3.05) is 6.61 Å². The number of esters is 1. The van der Waals surface area contributed by atoms with Crippen molar-refractivity contribution in [1.29, 1.82) is 0 Å². The zero-order valence-electron chi connectivity index (χ0n) is 9.39. The fourth-order valence-electron chi connectivity index (χ4n) is 1.26. The molecule has 3 nitrogen and oxygen atoms in total. The standard InChI is InChI=1S/C10H7F6NO2/c1-2-19-9(18)5-6(11)4(8(12)13)3-17-7(5)10(14,15)16/h3,8H,2H2,1H3. The lowest BCUT2D eigenvalue weighted by Gasteiger charge is -2.13. The number of carbonyl (C=O) groups excluding carboxylic acids is 1. The lowest BCUT2D eigenvalue weighted by molar-refractivity contribution is -0.142. The number of nitrogens with zero attached hydrogens (tertiary/aromatic N) is 1. The maximum absolute atomic E-state index is 13.6. The van der Waals surface area contributed by atoms with Gasteiger partial charge >= 0.3 is 12.1 Å². The van der Waals surface area contributed by atoms with Crippen molar-refractivity contribution in [3.8, 4) is 0 Å². The molecule has 0 atom stereocenters. The van der Waals surface area contributed by atoms with Crippen LogP contribution in [0.4, 0.5) is 26.3 Å². The number of alkyl halides is 5. The normalized spacial score (nSPS) is 11.8. The van der Waals surface area contributed by atoms with E-state index in [4.69, 9.17) is 0 Å². The Bertz CT molecular complexity index is 486. The Morgan fingerprint density at radius 2 is 2.00 bits per heavy atom. The van der Waals surface area contributed by atoms with E-state index in [0.29, 0.717) is 0 Å². The first-order valence-corrected chi connectivity index (χ1v) is 4.91. The molecule has 0 bridgehead atoms. The van der Waals surface area contributed by atoms with Crippen LogP contribution in [0.2, 0.25) is 0 Å². The van der Waals surface area contributed by atoms with E-state index in [1.807, 2.05) is 0 Å². The second kappa shape index (κ2) is 5.45. The molecule has 1 heterocycles. The van der Waals surface area contributed by atoms with Gasteiger partial charge < -0.3 is 4.74 Å². The van der Waals surface area contributed by atoms with E-state index in [9.17, 15) is 31.1 Å². The summed E-state index contributed by atoms with van der Waals surface area (Å²) >= 11 is 0. The summed E-state index contributed by atoms with van der Waals surface area (Å²) in [6.07, 6.45) is -8.52. The Hall–Kier alpha value is -1.80. The summed E-state index contributed by atoms with van der Waals surface area (Å²) < 4.78 is 80.1. The summed E-state index contributed by atoms with van der Waals surface area (Å²) in [5.41, 5.74) is -4.92. The Labute approximate surface area is 103 Å². The van der Waals surface area contributed by atoms with Crippen LogP contribution in [-0.4, -0.2) is 17.6 Å². The third-order valence-corrected chi connectivity index (χ3v) is 2.03. The average molecular weight is 287 g/mol. The SMILES string of the molecule is CCOC(=O)c1c(C(F)(F)F)ncc(C(F)F)c1F. The molecule has 0 aromatic carbocycles. The van der Waals surface area contributed by atoms with Gasteiger partial charge in [0, 0.05) is 6.20 Å². The summed E-state index contributed by atoms with van der Waals surface area (Å²) in [7, 11) is 0. The van der Waals surface area contributed by atoms with Crippen LogP contribution in [0.3, 0.4) is 0 Å². The number of rotatable bonds is 3. The molecule has 0 aliphatic heterocycles. The molecule has 0 spiro atoms. The fraction of sp³-hybridized carbons (Fsp3) is 0.400. The molecule has 1 aromatic heterocycles. The Morgan fingerprint density at radius 3 is 2.42 bits per heavy atom. The topological polar surface area (TPSA) is 39.2 Å². The van der Waals surface area contributed by atoms with Gasteiger partial charge in [-0.05, 0) is 6.92 Å². The van der Waals surface area contributed by atoms with Crippen LogP contribution in [0.15, 0.2) is 6.20 Å². The van der Waals surface area contributed by atoms with Gasteiger partial charge in [-0.15, -0.1) is 0 Å². The Morgan fingerprint density at radius 1 is 1.42 bits per heavy atom. The Balaban J connectivity index is 3.51. The minimum atomic E-state index is -5.16. The van der Waals surface area contributed by atoms with Crippen molar-refractivity contribution in [2.45, 2.75) is 19.5 Å². The zero-order chi connectivity index (χ0) is 14.8. The lowest BCUT2D eigenvalue weighted by atomic mass is 10.1. The number of hydrogen-bond donors (Lipinski definition) is 0. The molecule has 0 aliphatic carbocycles. The maximum atomic E-state index is 13.6. The van der Waals surface area contributed by atoms with Gasteiger partial charge in [0.15, 0.2) is 5.69 Å². The van der Waals surface area contributed by atoms with E-state index in [2.05, 4.69) is 9.72 Å². The molecular weight excluding hydrogens is 280 g/mol. The van der Waals surface area contributed by atoms with Crippen LogP contribution in [0.25, 0.3) is 0 Å². The molecule has 106 valence electrons. The third kappa shape index (κ3) is 3.15. The molecule has 0 fully saturated rings.